The predicted molar refractivity (Wildman–Crippen MR) is 68.2 cm³/mol. The molecule has 0 heterocycles. The molecule has 2 nitrogen and oxygen atoms in total. The third kappa shape index (κ3) is 7.49. The van der Waals surface area contributed by atoms with Crippen molar-refractivity contribution in [2.75, 3.05) is 7.11 Å². The smallest absolute Gasteiger partial charge is 0.333 e. The van der Waals surface area contributed by atoms with Gasteiger partial charge in [-0.25, -0.2) is 4.79 Å². The molecular formula is C14H26O2. The van der Waals surface area contributed by atoms with E-state index < -0.39 is 0 Å². The molecule has 94 valence electrons. The molecule has 0 aromatic rings. The highest BCUT2D eigenvalue weighted by atomic mass is 16.5. The Balaban J connectivity index is 4.24. The van der Waals surface area contributed by atoms with Gasteiger partial charge < -0.3 is 4.74 Å². The molecule has 0 saturated carbocycles. The summed E-state index contributed by atoms with van der Waals surface area (Å²) in [5.74, 6) is 1.14. The molecule has 0 bridgehead atoms. The zero-order valence-electron chi connectivity index (χ0n) is 11.4. The lowest BCUT2D eigenvalue weighted by molar-refractivity contribution is -0.136. The van der Waals surface area contributed by atoms with E-state index in [0.717, 1.165) is 31.3 Å². The summed E-state index contributed by atoms with van der Waals surface area (Å²) >= 11 is 0. The molecule has 0 amide bonds. The van der Waals surface area contributed by atoms with Crippen molar-refractivity contribution >= 4 is 5.97 Å². The molecule has 0 radical (unpaired) electrons. The van der Waals surface area contributed by atoms with Gasteiger partial charge in [0.1, 0.15) is 0 Å². The van der Waals surface area contributed by atoms with Crippen molar-refractivity contribution in [2.24, 2.45) is 11.8 Å². The summed E-state index contributed by atoms with van der Waals surface area (Å²) in [7, 11) is 1.45. The van der Waals surface area contributed by atoms with Crippen LogP contribution < -0.4 is 0 Å². The number of rotatable bonds is 7. The first-order chi connectivity index (χ1) is 7.47. The van der Waals surface area contributed by atoms with Crippen LogP contribution in [0.2, 0.25) is 0 Å². The Morgan fingerprint density at radius 2 is 1.69 bits per heavy atom. The van der Waals surface area contributed by atoms with E-state index in [2.05, 4.69) is 27.7 Å². The van der Waals surface area contributed by atoms with Crippen LogP contribution >= 0.6 is 0 Å². The van der Waals surface area contributed by atoms with Crippen LogP contribution in [0.4, 0.5) is 0 Å². The van der Waals surface area contributed by atoms with Crippen LogP contribution in [0.3, 0.4) is 0 Å². The number of hydrogen-bond acceptors (Lipinski definition) is 2. The SMILES string of the molecule is COC(=O)/C(=C/CCC(C)C)CCC(C)C. The molecule has 0 aliphatic heterocycles. The molecule has 0 unspecified atom stereocenters. The van der Waals surface area contributed by atoms with Crippen molar-refractivity contribution < 1.29 is 9.53 Å². The Morgan fingerprint density at radius 1 is 1.12 bits per heavy atom. The molecule has 16 heavy (non-hydrogen) atoms. The van der Waals surface area contributed by atoms with E-state index in [1.807, 2.05) is 6.08 Å². The van der Waals surface area contributed by atoms with E-state index in [-0.39, 0.29) is 5.97 Å². The van der Waals surface area contributed by atoms with Crippen molar-refractivity contribution in [3.05, 3.63) is 11.6 Å². The molecule has 0 atom stereocenters. The average molecular weight is 226 g/mol. The molecule has 0 aliphatic carbocycles. The maximum Gasteiger partial charge on any atom is 0.333 e. The largest absolute Gasteiger partial charge is 0.466 e. The molecule has 0 spiro atoms. The molecule has 2 heteroatoms. The Bertz CT molecular complexity index is 227. The van der Waals surface area contributed by atoms with Crippen LogP contribution in [0.15, 0.2) is 11.6 Å². The van der Waals surface area contributed by atoms with Crippen LogP contribution in [0, 0.1) is 11.8 Å². The number of methoxy groups -OCH3 is 1. The average Bonchev–Trinajstić information content (AvgIpc) is 2.21. The summed E-state index contributed by atoms with van der Waals surface area (Å²) in [6.45, 7) is 8.73. The lowest BCUT2D eigenvalue weighted by Crippen LogP contribution is -2.06. The van der Waals surface area contributed by atoms with Gasteiger partial charge in [-0.2, -0.15) is 0 Å². The third-order valence-electron chi connectivity index (χ3n) is 2.57. The molecule has 0 aromatic carbocycles. The molecule has 0 aromatic heterocycles. The van der Waals surface area contributed by atoms with E-state index >= 15 is 0 Å². The normalized spacial score (nSPS) is 12.3. The first-order valence-corrected chi connectivity index (χ1v) is 6.24. The van der Waals surface area contributed by atoms with Gasteiger partial charge in [0.2, 0.25) is 0 Å². The third-order valence-corrected chi connectivity index (χ3v) is 2.57. The zero-order valence-corrected chi connectivity index (χ0v) is 11.4. The topological polar surface area (TPSA) is 26.3 Å². The highest BCUT2D eigenvalue weighted by Crippen LogP contribution is 2.15. The van der Waals surface area contributed by atoms with Gasteiger partial charge in [-0.3, -0.25) is 0 Å². The van der Waals surface area contributed by atoms with Crippen LogP contribution in [0.1, 0.15) is 53.4 Å². The minimum absolute atomic E-state index is 0.163. The van der Waals surface area contributed by atoms with Gasteiger partial charge >= 0.3 is 5.97 Å². The number of esters is 1. The van der Waals surface area contributed by atoms with Crippen LogP contribution in [0.5, 0.6) is 0 Å². The Labute approximate surface area is 100 Å². The van der Waals surface area contributed by atoms with Gasteiger partial charge in [-0.05, 0) is 37.5 Å². The van der Waals surface area contributed by atoms with Gasteiger partial charge in [0.05, 0.1) is 7.11 Å². The summed E-state index contributed by atoms with van der Waals surface area (Å²) in [5.41, 5.74) is 0.844. The maximum atomic E-state index is 11.5. The van der Waals surface area contributed by atoms with E-state index in [4.69, 9.17) is 4.74 Å². The Kier molecular flexibility index (Phi) is 7.96. The van der Waals surface area contributed by atoms with Gasteiger partial charge in [-0.15, -0.1) is 0 Å². The zero-order chi connectivity index (χ0) is 12.6. The van der Waals surface area contributed by atoms with Gasteiger partial charge in [-0.1, -0.05) is 33.8 Å². The summed E-state index contributed by atoms with van der Waals surface area (Å²) < 4.78 is 4.79. The van der Waals surface area contributed by atoms with Crippen molar-refractivity contribution in [1.29, 1.82) is 0 Å². The molecule has 0 N–H and O–H groups in total. The van der Waals surface area contributed by atoms with E-state index in [0.29, 0.717) is 11.8 Å². The van der Waals surface area contributed by atoms with E-state index in [1.54, 1.807) is 0 Å². The fourth-order valence-electron chi connectivity index (χ4n) is 1.45. The Hall–Kier alpha value is -0.790. The van der Waals surface area contributed by atoms with Gasteiger partial charge in [0, 0.05) is 5.57 Å². The quantitative estimate of drug-likeness (QED) is 0.485. The van der Waals surface area contributed by atoms with Crippen LogP contribution in [-0.4, -0.2) is 13.1 Å². The Morgan fingerprint density at radius 3 is 2.12 bits per heavy atom. The standard InChI is InChI=1S/C14H26O2/c1-11(2)7-6-8-13(14(15)16-5)10-9-12(3)4/h8,11-12H,6-7,9-10H2,1-5H3/b13-8+. The lowest BCUT2D eigenvalue weighted by Gasteiger charge is -2.08. The molecular weight excluding hydrogens is 200 g/mol. The van der Waals surface area contributed by atoms with Gasteiger partial charge in [0.15, 0.2) is 0 Å². The fourth-order valence-corrected chi connectivity index (χ4v) is 1.45. The number of carbonyl (C=O) groups excluding carboxylic acids is 1. The molecule has 0 aliphatic rings. The summed E-state index contributed by atoms with van der Waals surface area (Å²) in [6, 6.07) is 0. The van der Waals surface area contributed by atoms with Gasteiger partial charge in [0.25, 0.3) is 0 Å². The second-order valence-corrected chi connectivity index (χ2v) is 5.12. The van der Waals surface area contributed by atoms with Crippen molar-refractivity contribution in [3.8, 4) is 0 Å². The predicted octanol–water partition coefficient (Wildman–Crippen LogP) is 3.96. The van der Waals surface area contributed by atoms with Crippen molar-refractivity contribution in [3.63, 3.8) is 0 Å². The lowest BCUT2D eigenvalue weighted by atomic mass is 10.0. The summed E-state index contributed by atoms with van der Waals surface area (Å²) in [6.07, 6.45) is 6.03. The molecule has 0 rings (SSSR count). The fraction of sp³-hybridized carbons (Fsp3) is 0.786. The minimum Gasteiger partial charge on any atom is -0.466 e. The first-order valence-electron chi connectivity index (χ1n) is 6.24. The summed E-state index contributed by atoms with van der Waals surface area (Å²) in [5, 5.41) is 0. The van der Waals surface area contributed by atoms with Crippen LogP contribution in [-0.2, 0) is 9.53 Å². The minimum atomic E-state index is -0.163. The highest BCUT2D eigenvalue weighted by molar-refractivity contribution is 5.88. The highest BCUT2D eigenvalue weighted by Gasteiger charge is 2.09. The molecule has 0 saturated heterocycles. The number of hydrogen-bond donors (Lipinski definition) is 0. The second-order valence-electron chi connectivity index (χ2n) is 5.12. The monoisotopic (exact) mass is 226 g/mol. The van der Waals surface area contributed by atoms with E-state index in [1.165, 1.54) is 7.11 Å². The number of ether oxygens (including phenoxy) is 1. The number of carbonyl (C=O) groups is 1. The van der Waals surface area contributed by atoms with Crippen molar-refractivity contribution in [2.45, 2.75) is 53.4 Å². The van der Waals surface area contributed by atoms with Crippen LogP contribution in [0.25, 0.3) is 0 Å². The number of allylic oxidation sites excluding steroid dienone is 1. The summed E-state index contributed by atoms with van der Waals surface area (Å²) in [4.78, 5) is 11.5. The van der Waals surface area contributed by atoms with Crippen molar-refractivity contribution in [1.82, 2.24) is 0 Å². The first kappa shape index (κ1) is 15.2. The molecule has 0 fully saturated rings. The second kappa shape index (κ2) is 8.37. The maximum absolute atomic E-state index is 11.5. The van der Waals surface area contributed by atoms with E-state index in [9.17, 15) is 4.79 Å².